The van der Waals surface area contributed by atoms with Crippen LogP contribution in [0.1, 0.15) is 5.56 Å². The van der Waals surface area contributed by atoms with Crippen molar-refractivity contribution < 1.29 is 18.0 Å². The van der Waals surface area contributed by atoms with Crippen molar-refractivity contribution in [1.29, 1.82) is 0 Å². The van der Waals surface area contributed by atoms with Gasteiger partial charge < -0.3 is 14.2 Å². The molecule has 0 aliphatic carbocycles. The molecule has 1 amide bonds. The maximum Gasteiger partial charge on any atom is 0.298 e. The number of nitrogens with zero attached hydrogens (tertiary/aromatic N) is 3. The zero-order valence-corrected chi connectivity index (χ0v) is 13.3. The first kappa shape index (κ1) is 15.6. The first-order valence-corrected chi connectivity index (χ1v) is 7.92. The Balaban J connectivity index is 1.46. The summed E-state index contributed by atoms with van der Waals surface area (Å²) in [7, 11) is 0. The monoisotopic (exact) mass is 343 g/mol. The highest BCUT2D eigenvalue weighted by atomic mass is 19.1. The summed E-state index contributed by atoms with van der Waals surface area (Å²) in [6.07, 6.45) is 0. The van der Waals surface area contributed by atoms with Crippen molar-refractivity contribution in [3.63, 3.8) is 0 Å². The van der Waals surface area contributed by atoms with E-state index in [4.69, 9.17) is 4.42 Å². The van der Waals surface area contributed by atoms with Gasteiger partial charge in [-0.15, -0.1) is 0 Å². The van der Waals surface area contributed by atoms with E-state index in [9.17, 15) is 13.6 Å². The SMILES string of the molecule is O=C1CN(c2nc3ccc(F)cc3o2)CCN1Cc1ccc(F)cc1. The Bertz CT molecular complexity index is 924. The molecule has 4 rings (SSSR count). The van der Waals surface area contributed by atoms with Crippen molar-refractivity contribution >= 4 is 23.0 Å². The van der Waals surface area contributed by atoms with Gasteiger partial charge in [-0.05, 0) is 29.8 Å². The molecule has 0 N–H and O–H groups in total. The van der Waals surface area contributed by atoms with Crippen LogP contribution in [0.15, 0.2) is 46.9 Å². The fourth-order valence-electron chi connectivity index (χ4n) is 2.87. The number of aromatic nitrogens is 1. The van der Waals surface area contributed by atoms with Gasteiger partial charge >= 0.3 is 0 Å². The van der Waals surface area contributed by atoms with Gasteiger partial charge in [0.15, 0.2) is 5.58 Å². The normalized spacial score (nSPS) is 15.2. The van der Waals surface area contributed by atoms with E-state index in [0.717, 1.165) is 5.56 Å². The van der Waals surface area contributed by atoms with Crippen LogP contribution in [0.25, 0.3) is 11.1 Å². The molecule has 0 unspecified atom stereocenters. The summed E-state index contributed by atoms with van der Waals surface area (Å²) < 4.78 is 31.8. The number of anilines is 1. The Hall–Kier alpha value is -2.96. The Labute approximate surface area is 142 Å². The average molecular weight is 343 g/mol. The minimum atomic E-state index is -0.393. The number of fused-ring (bicyclic) bond motifs is 1. The molecular formula is C18H15F2N3O2. The van der Waals surface area contributed by atoms with Gasteiger partial charge in [-0.2, -0.15) is 4.98 Å². The minimum Gasteiger partial charge on any atom is -0.423 e. The number of piperazine rings is 1. The number of amides is 1. The molecular weight excluding hydrogens is 328 g/mol. The van der Waals surface area contributed by atoms with Gasteiger partial charge in [0.25, 0.3) is 6.01 Å². The molecule has 2 aromatic carbocycles. The van der Waals surface area contributed by atoms with Crippen molar-refractivity contribution in [2.45, 2.75) is 6.54 Å². The van der Waals surface area contributed by atoms with Crippen LogP contribution in [0.5, 0.6) is 0 Å². The van der Waals surface area contributed by atoms with Crippen LogP contribution in [0.3, 0.4) is 0 Å². The summed E-state index contributed by atoms with van der Waals surface area (Å²) in [6.45, 7) is 1.63. The third-order valence-electron chi connectivity index (χ3n) is 4.22. The molecule has 1 saturated heterocycles. The smallest absolute Gasteiger partial charge is 0.298 e. The van der Waals surface area contributed by atoms with E-state index < -0.39 is 5.82 Å². The Morgan fingerprint density at radius 2 is 1.80 bits per heavy atom. The molecule has 1 aliphatic rings. The lowest BCUT2D eigenvalue weighted by Crippen LogP contribution is -2.50. The number of hydrogen-bond acceptors (Lipinski definition) is 4. The van der Waals surface area contributed by atoms with Crippen molar-refractivity contribution in [2.75, 3.05) is 24.5 Å². The van der Waals surface area contributed by atoms with Crippen LogP contribution >= 0.6 is 0 Å². The summed E-state index contributed by atoms with van der Waals surface area (Å²) in [6, 6.07) is 10.6. The van der Waals surface area contributed by atoms with Crippen LogP contribution in [-0.2, 0) is 11.3 Å². The number of halogens is 2. The molecule has 0 atom stereocenters. The lowest BCUT2D eigenvalue weighted by atomic mass is 10.2. The minimum absolute atomic E-state index is 0.0657. The lowest BCUT2D eigenvalue weighted by molar-refractivity contribution is -0.131. The number of rotatable bonds is 3. The van der Waals surface area contributed by atoms with Gasteiger partial charge in [0.1, 0.15) is 23.7 Å². The van der Waals surface area contributed by atoms with Gasteiger partial charge in [0, 0.05) is 25.7 Å². The molecule has 1 aliphatic heterocycles. The first-order chi connectivity index (χ1) is 12.1. The van der Waals surface area contributed by atoms with Crippen LogP contribution in [-0.4, -0.2) is 35.4 Å². The largest absolute Gasteiger partial charge is 0.423 e. The molecule has 0 spiro atoms. The van der Waals surface area contributed by atoms with E-state index >= 15 is 0 Å². The second-order valence-electron chi connectivity index (χ2n) is 5.97. The maximum absolute atomic E-state index is 13.2. The quantitative estimate of drug-likeness (QED) is 0.734. The summed E-state index contributed by atoms with van der Waals surface area (Å²) in [4.78, 5) is 20.2. The third kappa shape index (κ3) is 3.17. The average Bonchev–Trinajstić information content (AvgIpc) is 3.01. The van der Waals surface area contributed by atoms with E-state index in [1.54, 1.807) is 28.0 Å². The molecule has 0 bridgehead atoms. The van der Waals surface area contributed by atoms with Gasteiger partial charge in [0.05, 0.1) is 0 Å². The molecule has 25 heavy (non-hydrogen) atoms. The summed E-state index contributed by atoms with van der Waals surface area (Å²) in [5.41, 5.74) is 1.79. The van der Waals surface area contributed by atoms with Gasteiger partial charge in [-0.25, -0.2) is 8.78 Å². The van der Waals surface area contributed by atoms with E-state index in [2.05, 4.69) is 4.98 Å². The molecule has 1 aromatic heterocycles. The zero-order valence-electron chi connectivity index (χ0n) is 13.3. The molecule has 7 heteroatoms. The van der Waals surface area contributed by atoms with Crippen LogP contribution in [0, 0.1) is 11.6 Å². The van der Waals surface area contributed by atoms with E-state index in [1.807, 2.05) is 0 Å². The molecule has 0 radical (unpaired) electrons. The zero-order chi connectivity index (χ0) is 17.4. The van der Waals surface area contributed by atoms with E-state index in [0.29, 0.717) is 36.7 Å². The molecule has 0 saturated carbocycles. The number of carbonyl (C=O) groups excluding carboxylic acids is 1. The topological polar surface area (TPSA) is 49.6 Å². The number of hydrogen-bond donors (Lipinski definition) is 0. The predicted molar refractivity (Wildman–Crippen MR) is 88.0 cm³/mol. The Morgan fingerprint density at radius 3 is 2.56 bits per heavy atom. The highest BCUT2D eigenvalue weighted by molar-refractivity contribution is 5.83. The lowest BCUT2D eigenvalue weighted by Gasteiger charge is -2.33. The van der Waals surface area contributed by atoms with Crippen LogP contribution < -0.4 is 4.90 Å². The molecule has 1 fully saturated rings. The Morgan fingerprint density at radius 1 is 1.04 bits per heavy atom. The number of carbonyl (C=O) groups is 1. The molecule has 5 nitrogen and oxygen atoms in total. The Kier molecular flexibility index (Phi) is 3.83. The second kappa shape index (κ2) is 6.16. The number of oxazole rings is 1. The number of benzene rings is 2. The standard InChI is InChI=1S/C18H15F2N3O2/c19-13-3-1-12(2-4-13)10-22-7-8-23(11-17(22)24)18-21-15-6-5-14(20)9-16(15)25-18/h1-6,9H,7-8,10-11H2. The summed E-state index contributed by atoms with van der Waals surface area (Å²) in [5.74, 6) is -0.758. The fourth-order valence-corrected chi connectivity index (χ4v) is 2.87. The molecule has 128 valence electrons. The highest BCUT2D eigenvalue weighted by Crippen LogP contribution is 2.24. The molecule has 2 heterocycles. The van der Waals surface area contributed by atoms with Gasteiger partial charge in [0.2, 0.25) is 5.91 Å². The summed E-state index contributed by atoms with van der Waals surface area (Å²) >= 11 is 0. The van der Waals surface area contributed by atoms with E-state index in [1.165, 1.54) is 24.3 Å². The van der Waals surface area contributed by atoms with Crippen molar-refractivity contribution in [2.24, 2.45) is 0 Å². The van der Waals surface area contributed by atoms with Crippen molar-refractivity contribution in [3.05, 3.63) is 59.7 Å². The fraction of sp³-hybridized carbons (Fsp3) is 0.222. The maximum atomic E-state index is 13.2. The second-order valence-corrected chi connectivity index (χ2v) is 5.97. The first-order valence-electron chi connectivity index (χ1n) is 7.92. The highest BCUT2D eigenvalue weighted by Gasteiger charge is 2.27. The van der Waals surface area contributed by atoms with Crippen LogP contribution in [0.2, 0.25) is 0 Å². The van der Waals surface area contributed by atoms with Gasteiger partial charge in [-0.1, -0.05) is 12.1 Å². The van der Waals surface area contributed by atoms with E-state index in [-0.39, 0.29) is 18.3 Å². The van der Waals surface area contributed by atoms with Crippen molar-refractivity contribution in [3.8, 4) is 0 Å². The van der Waals surface area contributed by atoms with Gasteiger partial charge in [-0.3, -0.25) is 4.79 Å². The van der Waals surface area contributed by atoms with Crippen LogP contribution in [0.4, 0.5) is 14.8 Å². The van der Waals surface area contributed by atoms with Crippen molar-refractivity contribution in [1.82, 2.24) is 9.88 Å². The third-order valence-corrected chi connectivity index (χ3v) is 4.22. The summed E-state index contributed by atoms with van der Waals surface area (Å²) in [5, 5.41) is 0. The molecule has 3 aromatic rings. The predicted octanol–water partition coefficient (Wildman–Crippen LogP) is 2.95.